The van der Waals surface area contributed by atoms with Gasteiger partial charge in [-0.2, -0.15) is 0 Å². The number of carbonyl (C=O) groups excluding carboxylic acids is 1. The molecule has 0 spiro atoms. The molecule has 3 atom stereocenters. The van der Waals surface area contributed by atoms with Gasteiger partial charge in [0.2, 0.25) is 0 Å². The van der Waals surface area contributed by atoms with Crippen LogP contribution in [0.2, 0.25) is 18.1 Å². The fraction of sp³-hybridized carbons (Fsp3) is 0.682. The van der Waals surface area contributed by atoms with Crippen molar-refractivity contribution in [3.05, 3.63) is 35.9 Å². The third kappa shape index (κ3) is 6.16. The minimum absolute atomic E-state index is 0.0868. The highest BCUT2D eigenvalue weighted by molar-refractivity contribution is 6.74. The maximum Gasteiger partial charge on any atom is 0.311 e. The van der Waals surface area contributed by atoms with Gasteiger partial charge in [-0.1, -0.05) is 58.0 Å². The molecule has 4 nitrogen and oxygen atoms in total. The molecule has 1 heterocycles. The van der Waals surface area contributed by atoms with Crippen LogP contribution >= 0.6 is 0 Å². The van der Waals surface area contributed by atoms with Crippen LogP contribution in [0.3, 0.4) is 0 Å². The van der Waals surface area contributed by atoms with Crippen molar-refractivity contribution >= 4 is 14.3 Å². The zero-order valence-corrected chi connectivity index (χ0v) is 18.8. The van der Waals surface area contributed by atoms with Gasteiger partial charge in [0.05, 0.1) is 25.2 Å². The highest BCUT2D eigenvalue weighted by Crippen LogP contribution is 2.40. The quantitative estimate of drug-likeness (QED) is 0.330. The summed E-state index contributed by atoms with van der Waals surface area (Å²) in [7, 11) is -1.96. The Bertz CT molecular complexity index is 594. The Morgan fingerprint density at radius 1 is 1.22 bits per heavy atom. The summed E-state index contributed by atoms with van der Waals surface area (Å²) in [5.74, 6) is -0.0535. The van der Waals surface area contributed by atoms with Crippen LogP contribution in [-0.2, 0) is 25.3 Å². The molecule has 0 amide bonds. The topological polar surface area (TPSA) is 44.8 Å². The normalized spacial score (nSPS) is 21.9. The average Bonchev–Trinajstić information content (AvgIpc) is 2.92. The number of ether oxygens (including phenoxy) is 2. The molecule has 0 aromatic heterocycles. The Kier molecular flexibility index (Phi) is 7.66. The van der Waals surface area contributed by atoms with Crippen molar-refractivity contribution in [1.29, 1.82) is 0 Å². The molecule has 0 N–H and O–H groups in total. The number of rotatable bonds is 9. The van der Waals surface area contributed by atoms with Crippen molar-refractivity contribution in [1.82, 2.24) is 0 Å². The van der Waals surface area contributed by atoms with Gasteiger partial charge in [0.25, 0.3) is 0 Å². The molecule has 5 heteroatoms. The average molecular weight is 393 g/mol. The van der Waals surface area contributed by atoms with Gasteiger partial charge in [-0.05, 0) is 36.5 Å². The summed E-state index contributed by atoms with van der Waals surface area (Å²) >= 11 is 0. The Morgan fingerprint density at radius 2 is 1.89 bits per heavy atom. The first-order valence-corrected chi connectivity index (χ1v) is 13.0. The predicted octanol–water partition coefficient (Wildman–Crippen LogP) is 5.18. The van der Waals surface area contributed by atoms with E-state index in [0.717, 1.165) is 12.8 Å². The molecular formula is C22H36O4Si. The van der Waals surface area contributed by atoms with E-state index in [-0.39, 0.29) is 28.9 Å². The van der Waals surface area contributed by atoms with Gasteiger partial charge in [-0.25, -0.2) is 0 Å². The smallest absolute Gasteiger partial charge is 0.311 e. The number of hydrogen-bond acceptors (Lipinski definition) is 4. The van der Waals surface area contributed by atoms with Crippen molar-refractivity contribution in [2.75, 3.05) is 13.2 Å². The summed E-state index contributed by atoms with van der Waals surface area (Å²) in [5, 5.41) is 0.112. The lowest BCUT2D eigenvalue weighted by molar-refractivity contribution is -0.144. The largest absolute Gasteiger partial charge is 0.465 e. The van der Waals surface area contributed by atoms with Crippen LogP contribution in [0.5, 0.6) is 0 Å². The second-order valence-electron chi connectivity index (χ2n) is 9.23. The summed E-state index contributed by atoms with van der Waals surface area (Å²) in [6.45, 7) is 15.1. The number of cyclic esters (lactones) is 1. The second kappa shape index (κ2) is 9.35. The zero-order chi connectivity index (χ0) is 20.1. The fourth-order valence-corrected chi connectivity index (χ4v) is 4.56. The first kappa shape index (κ1) is 22.1. The molecule has 0 radical (unpaired) electrons. The van der Waals surface area contributed by atoms with Crippen LogP contribution in [0.15, 0.2) is 30.3 Å². The molecule has 27 heavy (non-hydrogen) atoms. The van der Waals surface area contributed by atoms with Gasteiger partial charge in [-0.15, -0.1) is 0 Å². The summed E-state index contributed by atoms with van der Waals surface area (Å²) in [5.41, 5.74) is 1.18. The molecule has 0 aliphatic carbocycles. The van der Waals surface area contributed by atoms with Crippen molar-refractivity contribution in [3.8, 4) is 0 Å². The van der Waals surface area contributed by atoms with Crippen LogP contribution < -0.4 is 0 Å². The minimum atomic E-state index is -1.96. The maximum atomic E-state index is 12.3. The summed E-state index contributed by atoms with van der Waals surface area (Å²) in [4.78, 5) is 12.3. The highest BCUT2D eigenvalue weighted by atomic mass is 28.4. The van der Waals surface area contributed by atoms with Crippen molar-refractivity contribution < 1.29 is 18.7 Å². The van der Waals surface area contributed by atoms with E-state index in [1.165, 1.54) is 5.56 Å². The van der Waals surface area contributed by atoms with Gasteiger partial charge < -0.3 is 13.9 Å². The van der Waals surface area contributed by atoms with Crippen molar-refractivity contribution in [3.63, 3.8) is 0 Å². The van der Waals surface area contributed by atoms with E-state index in [2.05, 4.69) is 52.9 Å². The third-order valence-corrected chi connectivity index (χ3v) is 10.4. The molecule has 1 aliphatic heterocycles. The molecule has 152 valence electrons. The van der Waals surface area contributed by atoms with Gasteiger partial charge in [0.1, 0.15) is 0 Å². The molecule has 1 aromatic carbocycles. The second-order valence-corrected chi connectivity index (χ2v) is 14.0. The van der Waals surface area contributed by atoms with Gasteiger partial charge in [0.15, 0.2) is 8.32 Å². The van der Waals surface area contributed by atoms with Gasteiger partial charge in [0, 0.05) is 12.5 Å². The van der Waals surface area contributed by atoms with E-state index < -0.39 is 8.32 Å². The third-order valence-electron chi connectivity index (χ3n) is 5.92. The molecule has 2 rings (SSSR count). The lowest BCUT2D eigenvalue weighted by atomic mass is 9.89. The number of esters is 1. The summed E-state index contributed by atoms with van der Waals surface area (Å²) in [6, 6.07) is 10.2. The molecule has 1 aliphatic rings. The Labute approximate surface area is 165 Å². The number of hydrogen-bond donors (Lipinski definition) is 0. The lowest BCUT2D eigenvalue weighted by Crippen LogP contribution is -2.47. The van der Waals surface area contributed by atoms with Crippen molar-refractivity contribution in [2.24, 2.45) is 11.8 Å². The van der Waals surface area contributed by atoms with Crippen LogP contribution in [0.25, 0.3) is 0 Å². The van der Waals surface area contributed by atoms with E-state index in [9.17, 15) is 4.79 Å². The molecule has 0 unspecified atom stereocenters. The SMILES string of the molecule is C[C@@H]1COC(=O)[C@@H]1[C@@H](CCCOCc1ccccc1)O[Si](C)(C)C(C)(C)C. The maximum absolute atomic E-state index is 12.3. The lowest BCUT2D eigenvalue weighted by Gasteiger charge is -2.41. The first-order valence-electron chi connectivity index (χ1n) is 10.1. The van der Waals surface area contributed by atoms with Crippen LogP contribution in [0, 0.1) is 11.8 Å². The zero-order valence-electron chi connectivity index (χ0n) is 17.8. The van der Waals surface area contributed by atoms with E-state index in [1.54, 1.807) is 0 Å². The minimum Gasteiger partial charge on any atom is -0.465 e. The standard InChI is InChI=1S/C22H36O4Si/c1-17-15-25-21(23)20(17)19(26-27(5,6)22(2,3)4)13-10-14-24-16-18-11-8-7-9-12-18/h7-9,11-12,17,19-20H,10,13-16H2,1-6H3/t17-,19-,20+/m1/s1. The molecular weight excluding hydrogens is 356 g/mol. The van der Waals surface area contributed by atoms with Gasteiger partial charge in [-0.3, -0.25) is 4.79 Å². The van der Waals surface area contributed by atoms with Gasteiger partial charge >= 0.3 is 5.97 Å². The Hall–Kier alpha value is -1.17. The van der Waals surface area contributed by atoms with Crippen LogP contribution in [0.4, 0.5) is 0 Å². The van der Waals surface area contributed by atoms with E-state index in [0.29, 0.717) is 19.8 Å². The first-order chi connectivity index (χ1) is 12.6. The van der Waals surface area contributed by atoms with Crippen LogP contribution in [0.1, 0.15) is 46.1 Å². The number of carbonyl (C=O) groups is 1. The molecule has 0 bridgehead atoms. The molecule has 0 saturated carbocycles. The predicted molar refractivity (Wildman–Crippen MR) is 111 cm³/mol. The fourth-order valence-electron chi connectivity index (χ4n) is 3.18. The highest BCUT2D eigenvalue weighted by Gasteiger charge is 2.45. The Morgan fingerprint density at radius 3 is 2.44 bits per heavy atom. The Balaban J connectivity index is 1.93. The van der Waals surface area contributed by atoms with E-state index in [1.807, 2.05) is 18.2 Å². The van der Waals surface area contributed by atoms with E-state index in [4.69, 9.17) is 13.9 Å². The molecule has 1 saturated heterocycles. The summed E-state index contributed by atoms with van der Waals surface area (Å²) in [6.07, 6.45) is 1.62. The van der Waals surface area contributed by atoms with Crippen LogP contribution in [-0.4, -0.2) is 33.6 Å². The van der Waals surface area contributed by atoms with E-state index >= 15 is 0 Å². The molecule has 1 fully saturated rings. The summed E-state index contributed by atoms with van der Waals surface area (Å²) < 4.78 is 17.8. The molecule has 1 aromatic rings. The number of benzene rings is 1. The monoisotopic (exact) mass is 392 g/mol. The van der Waals surface area contributed by atoms with Crippen molar-refractivity contribution in [2.45, 2.75) is 71.4 Å².